The van der Waals surface area contributed by atoms with Gasteiger partial charge in [-0.1, -0.05) is 25.0 Å². The molecule has 19 heavy (non-hydrogen) atoms. The zero-order valence-electron chi connectivity index (χ0n) is 10.4. The van der Waals surface area contributed by atoms with Gasteiger partial charge in [-0.3, -0.25) is 0 Å². The zero-order chi connectivity index (χ0) is 13.5. The topological polar surface area (TPSA) is 28.7 Å². The SMILES string of the molecule is FC(F)(F)C1CCCCC1c1nc2ccccc2[nH]1. The molecule has 0 amide bonds. The molecule has 1 saturated carbocycles. The monoisotopic (exact) mass is 268 g/mol. The summed E-state index contributed by atoms with van der Waals surface area (Å²) in [5.74, 6) is -1.30. The number of nitrogens with one attached hydrogen (secondary N) is 1. The quantitative estimate of drug-likeness (QED) is 0.816. The molecule has 1 aliphatic rings. The molecule has 2 aromatic rings. The molecule has 1 heterocycles. The van der Waals surface area contributed by atoms with Crippen LogP contribution in [0.3, 0.4) is 0 Å². The summed E-state index contributed by atoms with van der Waals surface area (Å²) < 4.78 is 39.3. The van der Waals surface area contributed by atoms with Crippen LogP contribution in [0.2, 0.25) is 0 Å². The minimum atomic E-state index is -4.13. The number of alkyl halides is 3. The van der Waals surface area contributed by atoms with E-state index < -0.39 is 18.0 Å². The van der Waals surface area contributed by atoms with Crippen molar-refractivity contribution in [3.05, 3.63) is 30.1 Å². The van der Waals surface area contributed by atoms with E-state index in [2.05, 4.69) is 9.97 Å². The van der Waals surface area contributed by atoms with Gasteiger partial charge in [0, 0.05) is 5.92 Å². The van der Waals surface area contributed by atoms with Gasteiger partial charge in [0.15, 0.2) is 0 Å². The second-order valence-electron chi connectivity index (χ2n) is 5.18. The Balaban J connectivity index is 1.98. The lowest BCUT2D eigenvalue weighted by molar-refractivity contribution is -0.187. The van der Waals surface area contributed by atoms with Crippen molar-refractivity contribution in [2.24, 2.45) is 5.92 Å². The maximum absolute atomic E-state index is 13.1. The van der Waals surface area contributed by atoms with E-state index in [1.807, 2.05) is 24.3 Å². The standard InChI is InChI=1S/C14H15F3N2/c15-14(16,17)10-6-2-1-5-9(10)13-18-11-7-3-4-8-12(11)19-13/h3-4,7-10H,1-2,5-6H2,(H,18,19). The Kier molecular flexibility index (Phi) is 2.99. The Morgan fingerprint density at radius 2 is 1.84 bits per heavy atom. The summed E-state index contributed by atoms with van der Waals surface area (Å²) in [5.41, 5.74) is 1.55. The first-order valence-electron chi connectivity index (χ1n) is 6.57. The number of aromatic amines is 1. The molecule has 1 fully saturated rings. The molecule has 1 aliphatic carbocycles. The number of imidazole rings is 1. The van der Waals surface area contributed by atoms with Crippen LogP contribution in [-0.4, -0.2) is 16.1 Å². The summed E-state index contributed by atoms with van der Waals surface area (Å²) >= 11 is 0. The summed E-state index contributed by atoms with van der Waals surface area (Å²) in [6.45, 7) is 0. The number of halogens is 3. The van der Waals surface area contributed by atoms with Gasteiger partial charge in [0.1, 0.15) is 5.82 Å². The van der Waals surface area contributed by atoms with Crippen LogP contribution in [0.15, 0.2) is 24.3 Å². The lowest BCUT2D eigenvalue weighted by Crippen LogP contribution is -2.32. The molecule has 2 nitrogen and oxygen atoms in total. The van der Waals surface area contributed by atoms with E-state index in [1.54, 1.807) is 0 Å². The van der Waals surface area contributed by atoms with Gasteiger partial charge in [-0.2, -0.15) is 13.2 Å². The number of benzene rings is 1. The maximum atomic E-state index is 13.1. The second-order valence-corrected chi connectivity index (χ2v) is 5.18. The summed E-state index contributed by atoms with van der Waals surface area (Å²) in [4.78, 5) is 7.40. The van der Waals surface area contributed by atoms with Crippen molar-refractivity contribution in [2.45, 2.75) is 37.8 Å². The van der Waals surface area contributed by atoms with Crippen LogP contribution in [0.5, 0.6) is 0 Å². The van der Waals surface area contributed by atoms with Crippen molar-refractivity contribution in [1.29, 1.82) is 0 Å². The van der Waals surface area contributed by atoms with Crippen molar-refractivity contribution in [3.63, 3.8) is 0 Å². The highest BCUT2D eigenvalue weighted by Gasteiger charge is 2.46. The van der Waals surface area contributed by atoms with E-state index in [0.29, 0.717) is 18.7 Å². The number of hydrogen-bond acceptors (Lipinski definition) is 1. The molecule has 1 aromatic heterocycles. The van der Waals surface area contributed by atoms with Crippen molar-refractivity contribution in [1.82, 2.24) is 9.97 Å². The number of hydrogen-bond donors (Lipinski definition) is 1. The number of fused-ring (bicyclic) bond motifs is 1. The van der Waals surface area contributed by atoms with E-state index in [1.165, 1.54) is 0 Å². The first kappa shape index (κ1) is 12.5. The van der Waals surface area contributed by atoms with Crippen LogP contribution in [0.1, 0.15) is 37.4 Å². The highest BCUT2D eigenvalue weighted by atomic mass is 19.4. The number of aromatic nitrogens is 2. The van der Waals surface area contributed by atoms with Gasteiger partial charge in [0.2, 0.25) is 0 Å². The summed E-state index contributed by atoms with van der Waals surface area (Å²) in [6, 6.07) is 7.36. The van der Waals surface area contributed by atoms with Crippen LogP contribution in [-0.2, 0) is 0 Å². The molecule has 0 bridgehead atoms. The average Bonchev–Trinajstić information content (AvgIpc) is 2.81. The first-order valence-corrected chi connectivity index (χ1v) is 6.57. The normalized spacial score (nSPS) is 24.8. The Morgan fingerprint density at radius 3 is 2.58 bits per heavy atom. The molecule has 1 N–H and O–H groups in total. The molecule has 0 spiro atoms. The summed E-state index contributed by atoms with van der Waals surface area (Å²) in [7, 11) is 0. The molecular weight excluding hydrogens is 253 g/mol. The predicted molar refractivity (Wildman–Crippen MR) is 66.8 cm³/mol. The molecule has 0 aliphatic heterocycles. The average molecular weight is 268 g/mol. The van der Waals surface area contributed by atoms with Crippen molar-refractivity contribution in [2.75, 3.05) is 0 Å². The smallest absolute Gasteiger partial charge is 0.342 e. The molecule has 0 saturated heterocycles. The van der Waals surface area contributed by atoms with E-state index in [9.17, 15) is 13.2 Å². The largest absolute Gasteiger partial charge is 0.392 e. The van der Waals surface area contributed by atoms with Gasteiger partial charge in [-0.25, -0.2) is 4.98 Å². The molecule has 3 rings (SSSR count). The summed E-state index contributed by atoms with van der Waals surface area (Å²) in [6.07, 6.45) is -1.87. The van der Waals surface area contributed by atoms with E-state index >= 15 is 0 Å². The molecule has 5 heteroatoms. The Labute approximate surface area is 109 Å². The predicted octanol–water partition coefficient (Wildman–Crippen LogP) is 4.40. The molecule has 102 valence electrons. The molecule has 1 aromatic carbocycles. The highest BCUT2D eigenvalue weighted by molar-refractivity contribution is 5.74. The maximum Gasteiger partial charge on any atom is 0.392 e. The van der Waals surface area contributed by atoms with Crippen molar-refractivity contribution in [3.8, 4) is 0 Å². The van der Waals surface area contributed by atoms with Gasteiger partial charge in [0.25, 0.3) is 0 Å². The Bertz CT molecular complexity index is 540. The van der Waals surface area contributed by atoms with Crippen LogP contribution < -0.4 is 0 Å². The van der Waals surface area contributed by atoms with E-state index in [0.717, 1.165) is 17.5 Å². The van der Waals surface area contributed by atoms with Crippen LogP contribution in [0, 0.1) is 5.92 Å². The summed E-state index contributed by atoms with van der Waals surface area (Å²) in [5, 5.41) is 0. The third kappa shape index (κ3) is 2.33. The van der Waals surface area contributed by atoms with Crippen LogP contribution >= 0.6 is 0 Å². The fourth-order valence-corrected chi connectivity index (χ4v) is 3.00. The zero-order valence-corrected chi connectivity index (χ0v) is 10.4. The van der Waals surface area contributed by atoms with E-state index in [-0.39, 0.29) is 6.42 Å². The van der Waals surface area contributed by atoms with Gasteiger partial charge < -0.3 is 4.98 Å². The van der Waals surface area contributed by atoms with Crippen LogP contribution in [0.4, 0.5) is 13.2 Å². The van der Waals surface area contributed by atoms with E-state index in [4.69, 9.17) is 0 Å². The Morgan fingerprint density at radius 1 is 1.11 bits per heavy atom. The molecule has 2 atom stereocenters. The lowest BCUT2D eigenvalue weighted by Gasteiger charge is -2.31. The van der Waals surface area contributed by atoms with Crippen LogP contribution in [0.25, 0.3) is 11.0 Å². The minimum absolute atomic E-state index is 0.214. The van der Waals surface area contributed by atoms with Crippen molar-refractivity contribution >= 4 is 11.0 Å². The third-order valence-electron chi connectivity index (χ3n) is 3.95. The first-order chi connectivity index (χ1) is 9.05. The highest BCUT2D eigenvalue weighted by Crippen LogP contribution is 2.45. The minimum Gasteiger partial charge on any atom is -0.342 e. The molecule has 0 radical (unpaired) electrons. The third-order valence-corrected chi connectivity index (χ3v) is 3.95. The second kappa shape index (κ2) is 4.54. The van der Waals surface area contributed by atoms with Gasteiger partial charge >= 0.3 is 6.18 Å². The lowest BCUT2D eigenvalue weighted by atomic mass is 9.78. The molecule has 2 unspecified atom stereocenters. The number of H-pyrrole nitrogens is 1. The van der Waals surface area contributed by atoms with Crippen molar-refractivity contribution < 1.29 is 13.2 Å². The number of para-hydroxylation sites is 2. The van der Waals surface area contributed by atoms with Gasteiger partial charge in [0.05, 0.1) is 17.0 Å². The number of nitrogens with zero attached hydrogens (tertiary/aromatic N) is 1. The molecular formula is C14H15F3N2. The van der Waals surface area contributed by atoms with Gasteiger partial charge in [-0.05, 0) is 25.0 Å². The van der Waals surface area contributed by atoms with Gasteiger partial charge in [-0.15, -0.1) is 0 Å². The fraction of sp³-hybridized carbons (Fsp3) is 0.500. The fourth-order valence-electron chi connectivity index (χ4n) is 3.00. The Hall–Kier alpha value is -1.52. The number of rotatable bonds is 1.